The second-order valence-corrected chi connectivity index (χ2v) is 7.98. The summed E-state index contributed by atoms with van der Waals surface area (Å²) in [4.78, 5) is 0. The predicted molar refractivity (Wildman–Crippen MR) is 88.7 cm³/mol. The van der Waals surface area contributed by atoms with Crippen LogP contribution in [0.5, 0.6) is 5.75 Å². The van der Waals surface area contributed by atoms with E-state index in [-0.39, 0.29) is 12.1 Å². The molecule has 0 amide bonds. The summed E-state index contributed by atoms with van der Waals surface area (Å²) in [6, 6.07) is 6.27. The Balaban J connectivity index is 2.04. The summed E-state index contributed by atoms with van der Waals surface area (Å²) >= 11 is 0. The van der Waals surface area contributed by atoms with Gasteiger partial charge in [-0.05, 0) is 32.8 Å². The molecule has 1 heterocycles. The molecule has 0 aliphatic carbocycles. The van der Waals surface area contributed by atoms with Gasteiger partial charge in [0.15, 0.2) is 0 Å². The second kappa shape index (κ2) is 6.98. The first kappa shape index (κ1) is 17.2. The van der Waals surface area contributed by atoms with E-state index in [9.17, 15) is 8.42 Å². The molecule has 5 nitrogen and oxygen atoms in total. The number of nitrogens with zero attached hydrogens (tertiary/aromatic N) is 1. The highest BCUT2D eigenvalue weighted by Gasteiger charge is 2.31. The maximum absolute atomic E-state index is 11.8. The summed E-state index contributed by atoms with van der Waals surface area (Å²) < 4.78 is 30.6. The second-order valence-electron chi connectivity index (χ2n) is 6.05. The lowest BCUT2D eigenvalue weighted by molar-refractivity contribution is 0.357. The minimum Gasteiger partial charge on any atom is -0.496 e. The summed E-state index contributed by atoms with van der Waals surface area (Å²) in [5, 5.41) is 3.46. The molecule has 1 aliphatic rings. The van der Waals surface area contributed by atoms with Crippen LogP contribution in [0.2, 0.25) is 0 Å². The Hall–Kier alpha value is -1.11. The van der Waals surface area contributed by atoms with Gasteiger partial charge in [-0.3, -0.25) is 0 Å². The van der Waals surface area contributed by atoms with Gasteiger partial charge in [-0.15, -0.1) is 0 Å². The van der Waals surface area contributed by atoms with Gasteiger partial charge in [-0.25, -0.2) is 8.42 Å². The molecule has 22 heavy (non-hydrogen) atoms. The van der Waals surface area contributed by atoms with Crippen LogP contribution in [-0.2, 0) is 10.0 Å². The Kier molecular flexibility index (Phi) is 5.47. The monoisotopic (exact) mass is 326 g/mol. The zero-order chi connectivity index (χ0) is 16.3. The lowest BCUT2D eigenvalue weighted by Gasteiger charge is -2.25. The molecular weight excluding hydrogens is 300 g/mol. The third-order valence-corrected chi connectivity index (χ3v) is 5.59. The van der Waals surface area contributed by atoms with Crippen molar-refractivity contribution in [3.05, 3.63) is 29.3 Å². The number of sulfonamides is 1. The fourth-order valence-electron chi connectivity index (χ4n) is 3.06. The molecule has 124 valence electrons. The normalized spacial score (nSPS) is 21.0. The van der Waals surface area contributed by atoms with Crippen LogP contribution in [0, 0.1) is 6.92 Å². The Morgan fingerprint density at radius 2 is 2.18 bits per heavy atom. The molecule has 0 aromatic heterocycles. The summed E-state index contributed by atoms with van der Waals surface area (Å²) in [5.74, 6) is 0.858. The molecule has 6 heteroatoms. The van der Waals surface area contributed by atoms with E-state index in [1.807, 2.05) is 12.1 Å². The number of aryl methyl sites for hydroxylation is 1. The molecular formula is C16H26N2O3S. The molecule has 2 atom stereocenters. The highest BCUT2D eigenvalue weighted by atomic mass is 32.2. The van der Waals surface area contributed by atoms with Crippen LogP contribution in [0.1, 0.15) is 36.9 Å². The summed E-state index contributed by atoms with van der Waals surface area (Å²) in [7, 11) is -1.45. The number of ether oxygens (including phenoxy) is 1. The molecule has 1 fully saturated rings. The first-order valence-corrected chi connectivity index (χ1v) is 9.52. The molecule has 1 aliphatic heterocycles. The van der Waals surface area contributed by atoms with Crippen molar-refractivity contribution in [3.8, 4) is 5.75 Å². The molecule has 2 rings (SSSR count). The highest BCUT2D eigenvalue weighted by Crippen LogP contribution is 2.27. The van der Waals surface area contributed by atoms with Crippen LogP contribution in [0.4, 0.5) is 0 Å². The number of nitrogens with one attached hydrogen (secondary N) is 1. The van der Waals surface area contributed by atoms with E-state index in [0.29, 0.717) is 13.1 Å². The molecule has 1 N–H and O–H groups in total. The zero-order valence-corrected chi connectivity index (χ0v) is 14.6. The minimum atomic E-state index is -3.12. The SMILES string of the molecule is COc1ccc(C)cc1[C@H](C)NC[C@H]1CCCN1S(C)(=O)=O. The molecule has 0 radical (unpaired) electrons. The molecule has 1 saturated heterocycles. The smallest absolute Gasteiger partial charge is 0.211 e. The average molecular weight is 326 g/mol. The van der Waals surface area contributed by atoms with E-state index in [4.69, 9.17) is 4.74 Å². The molecule has 0 bridgehead atoms. The standard InChI is InChI=1S/C16H26N2O3S/c1-12-7-8-16(21-3)15(10-12)13(2)17-11-14-6-5-9-18(14)22(4,19)20/h7-8,10,13-14,17H,5-6,9,11H2,1-4H3/t13-,14+/m0/s1. The van der Waals surface area contributed by atoms with E-state index in [0.717, 1.165) is 24.2 Å². The van der Waals surface area contributed by atoms with Crippen LogP contribution in [0.25, 0.3) is 0 Å². The van der Waals surface area contributed by atoms with E-state index >= 15 is 0 Å². The van der Waals surface area contributed by atoms with E-state index in [1.165, 1.54) is 11.8 Å². The number of hydrogen-bond donors (Lipinski definition) is 1. The fraction of sp³-hybridized carbons (Fsp3) is 0.625. The van der Waals surface area contributed by atoms with Gasteiger partial charge in [-0.2, -0.15) is 4.31 Å². The molecule has 1 aromatic rings. The third-order valence-electron chi connectivity index (χ3n) is 4.26. The number of hydrogen-bond acceptors (Lipinski definition) is 4. The van der Waals surface area contributed by atoms with Crippen molar-refractivity contribution in [1.82, 2.24) is 9.62 Å². The van der Waals surface area contributed by atoms with E-state index in [2.05, 4.69) is 25.2 Å². The van der Waals surface area contributed by atoms with Crippen molar-refractivity contribution < 1.29 is 13.2 Å². The Bertz CT molecular complexity index is 616. The average Bonchev–Trinajstić information content (AvgIpc) is 2.93. The quantitative estimate of drug-likeness (QED) is 0.869. The lowest BCUT2D eigenvalue weighted by Crippen LogP contribution is -2.41. The van der Waals surface area contributed by atoms with Gasteiger partial charge < -0.3 is 10.1 Å². The van der Waals surface area contributed by atoms with Gasteiger partial charge in [0.25, 0.3) is 0 Å². The summed E-state index contributed by atoms with van der Waals surface area (Å²) in [6.45, 7) is 5.42. The molecule has 0 unspecified atom stereocenters. The predicted octanol–water partition coefficient (Wildman–Crippen LogP) is 2.08. The van der Waals surface area contributed by atoms with Crippen molar-refractivity contribution in [2.24, 2.45) is 0 Å². The Morgan fingerprint density at radius 1 is 1.45 bits per heavy atom. The first-order chi connectivity index (χ1) is 10.3. The number of rotatable bonds is 6. The van der Waals surface area contributed by atoms with Gasteiger partial charge >= 0.3 is 0 Å². The van der Waals surface area contributed by atoms with Gasteiger partial charge in [-0.1, -0.05) is 17.7 Å². The van der Waals surface area contributed by atoms with Gasteiger partial charge in [0.05, 0.1) is 13.4 Å². The zero-order valence-electron chi connectivity index (χ0n) is 13.8. The Labute approximate surface area is 133 Å². The molecule has 1 aromatic carbocycles. The topological polar surface area (TPSA) is 58.6 Å². The molecule has 0 spiro atoms. The van der Waals surface area contributed by atoms with Crippen molar-refractivity contribution in [3.63, 3.8) is 0 Å². The first-order valence-electron chi connectivity index (χ1n) is 7.67. The lowest BCUT2D eigenvalue weighted by atomic mass is 10.0. The van der Waals surface area contributed by atoms with Crippen LogP contribution >= 0.6 is 0 Å². The van der Waals surface area contributed by atoms with Crippen molar-refractivity contribution >= 4 is 10.0 Å². The summed E-state index contributed by atoms with van der Waals surface area (Å²) in [6.07, 6.45) is 3.14. The van der Waals surface area contributed by atoms with Gasteiger partial charge in [0.2, 0.25) is 10.0 Å². The van der Waals surface area contributed by atoms with Crippen LogP contribution in [0.15, 0.2) is 18.2 Å². The van der Waals surface area contributed by atoms with Crippen molar-refractivity contribution in [1.29, 1.82) is 0 Å². The van der Waals surface area contributed by atoms with Crippen molar-refractivity contribution in [2.75, 3.05) is 26.5 Å². The molecule has 0 saturated carbocycles. The Morgan fingerprint density at radius 3 is 2.82 bits per heavy atom. The fourth-order valence-corrected chi connectivity index (χ4v) is 4.25. The largest absolute Gasteiger partial charge is 0.496 e. The maximum atomic E-state index is 11.8. The number of methoxy groups -OCH3 is 1. The highest BCUT2D eigenvalue weighted by molar-refractivity contribution is 7.88. The van der Waals surface area contributed by atoms with Crippen LogP contribution in [-0.4, -0.2) is 45.2 Å². The van der Waals surface area contributed by atoms with Crippen molar-refractivity contribution in [2.45, 2.75) is 38.8 Å². The third kappa shape index (κ3) is 4.00. The summed E-state index contributed by atoms with van der Waals surface area (Å²) in [5.41, 5.74) is 2.29. The van der Waals surface area contributed by atoms with Gasteiger partial charge in [0.1, 0.15) is 5.75 Å². The van der Waals surface area contributed by atoms with Crippen LogP contribution < -0.4 is 10.1 Å². The van der Waals surface area contributed by atoms with Crippen LogP contribution in [0.3, 0.4) is 0 Å². The van der Waals surface area contributed by atoms with Gasteiger partial charge in [0, 0.05) is 30.7 Å². The number of benzene rings is 1. The minimum absolute atomic E-state index is 0.0493. The van der Waals surface area contributed by atoms with E-state index < -0.39 is 10.0 Å². The van der Waals surface area contributed by atoms with E-state index in [1.54, 1.807) is 11.4 Å². The maximum Gasteiger partial charge on any atom is 0.211 e.